The van der Waals surface area contributed by atoms with Gasteiger partial charge in [-0.05, 0) is 48.5 Å². The number of nitrogens with two attached hydrogens (primary N) is 1. The minimum Gasteiger partial charge on any atom is -0.454 e. The van der Waals surface area contributed by atoms with Gasteiger partial charge in [-0.2, -0.15) is 0 Å². The molecule has 162 valence electrons. The number of benzene rings is 3. The number of hydrogen-bond acceptors (Lipinski definition) is 6. The first-order valence-electron chi connectivity index (χ1n) is 10.1. The van der Waals surface area contributed by atoms with Gasteiger partial charge in [0.2, 0.25) is 6.79 Å². The highest BCUT2D eigenvalue weighted by molar-refractivity contribution is 9.10. The molecule has 0 atom stereocenters. The number of halogens is 1. The van der Waals surface area contributed by atoms with Crippen molar-refractivity contribution in [1.82, 2.24) is 14.5 Å². The first-order valence-corrected chi connectivity index (χ1v) is 10.9. The molecule has 0 unspecified atom stereocenters. The summed E-state index contributed by atoms with van der Waals surface area (Å²) in [5, 5.41) is 2.90. The van der Waals surface area contributed by atoms with Crippen LogP contribution in [0.25, 0.3) is 27.9 Å². The van der Waals surface area contributed by atoms with Gasteiger partial charge in [0, 0.05) is 21.9 Å². The van der Waals surface area contributed by atoms with Gasteiger partial charge < -0.3 is 20.5 Å². The van der Waals surface area contributed by atoms with Crippen LogP contribution in [0.15, 0.2) is 71.2 Å². The number of aromatic nitrogens is 3. The fourth-order valence-corrected chi connectivity index (χ4v) is 4.17. The number of carbonyl (C=O) groups is 1. The van der Waals surface area contributed by atoms with Crippen molar-refractivity contribution in [3.05, 3.63) is 76.8 Å². The molecule has 1 aliphatic heterocycles. The molecule has 0 fully saturated rings. The van der Waals surface area contributed by atoms with Crippen molar-refractivity contribution in [2.24, 2.45) is 0 Å². The molecule has 2 aromatic heterocycles. The van der Waals surface area contributed by atoms with Gasteiger partial charge in [-0.1, -0.05) is 28.1 Å². The second-order valence-corrected chi connectivity index (χ2v) is 8.39. The van der Waals surface area contributed by atoms with Gasteiger partial charge in [0.15, 0.2) is 17.1 Å². The maximum Gasteiger partial charge on any atom is 0.261 e. The van der Waals surface area contributed by atoms with Gasteiger partial charge in [-0.3, -0.25) is 9.36 Å². The molecule has 0 aliphatic carbocycles. The number of nitrogen functional groups attached to an aromatic ring is 1. The molecule has 33 heavy (non-hydrogen) atoms. The SMILES string of the molecule is Nc1c(C(=O)Nc2ccc3c(c2)OCO3)c2nc3ccccc3nc2n1-c1ccc(Br)cc1. The van der Waals surface area contributed by atoms with Gasteiger partial charge in [-0.15, -0.1) is 0 Å². The van der Waals surface area contributed by atoms with Gasteiger partial charge in [0.05, 0.1) is 11.0 Å². The Hall–Kier alpha value is -4.11. The second-order valence-electron chi connectivity index (χ2n) is 7.48. The number of para-hydroxylation sites is 2. The summed E-state index contributed by atoms with van der Waals surface area (Å²) in [4.78, 5) is 23.0. The van der Waals surface area contributed by atoms with E-state index in [1.165, 1.54) is 0 Å². The lowest BCUT2D eigenvalue weighted by atomic mass is 10.2. The van der Waals surface area contributed by atoms with E-state index in [0.717, 1.165) is 10.2 Å². The van der Waals surface area contributed by atoms with Crippen molar-refractivity contribution >= 4 is 55.5 Å². The smallest absolute Gasteiger partial charge is 0.261 e. The summed E-state index contributed by atoms with van der Waals surface area (Å²) in [6, 6.07) is 20.3. The average molecular weight is 502 g/mol. The Morgan fingerprint density at radius 3 is 2.48 bits per heavy atom. The molecule has 0 spiro atoms. The number of rotatable bonds is 3. The van der Waals surface area contributed by atoms with Crippen LogP contribution in [0.4, 0.5) is 11.5 Å². The minimum absolute atomic E-state index is 0.156. The largest absolute Gasteiger partial charge is 0.454 e. The van der Waals surface area contributed by atoms with E-state index in [0.29, 0.717) is 39.4 Å². The molecule has 3 aromatic carbocycles. The number of carbonyl (C=O) groups excluding carboxylic acids is 1. The van der Waals surface area contributed by atoms with Crippen LogP contribution in [0.1, 0.15) is 10.4 Å². The third-order valence-corrected chi connectivity index (χ3v) is 5.97. The summed E-state index contributed by atoms with van der Waals surface area (Å²) in [6.45, 7) is 0.156. The van der Waals surface area contributed by atoms with Crippen molar-refractivity contribution < 1.29 is 14.3 Å². The standard InChI is InChI=1S/C24H16BrN5O3/c25-13-5-8-15(9-6-13)30-22(26)20(21-23(30)29-17-4-2-1-3-16(17)28-21)24(31)27-14-7-10-18-19(11-14)33-12-32-18/h1-11H,12,26H2,(H,27,31). The van der Waals surface area contributed by atoms with E-state index >= 15 is 0 Å². The summed E-state index contributed by atoms with van der Waals surface area (Å²) >= 11 is 3.45. The fraction of sp³-hybridized carbons (Fsp3) is 0.0417. The molecule has 0 saturated heterocycles. The summed E-state index contributed by atoms with van der Waals surface area (Å²) in [5.41, 5.74) is 10.5. The molecule has 5 aromatic rings. The highest BCUT2D eigenvalue weighted by atomic mass is 79.9. The Labute approximate surface area is 196 Å². The molecule has 6 rings (SSSR count). The normalized spacial score (nSPS) is 12.4. The topological polar surface area (TPSA) is 104 Å². The Kier molecular flexibility index (Phi) is 4.44. The highest BCUT2D eigenvalue weighted by Crippen LogP contribution is 2.35. The predicted molar refractivity (Wildman–Crippen MR) is 129 cm³/mol. The van der Waals surface area contributed by atoms with Crippen LogP contribution in [0.2, 0.25) is 0 Å². The van der Waals surface area contributed by atoms with Crippen molar-refractivity contribution in [2.45, 2.75) is 0 Å². The first kappa shape index (κ1) is 19.6. The maximum atomic E-state index is 13.4. The Balaban J connectivity index is 1.53. The lowest BCUT2D eigenvalue weighted by molar-refractivity contribution is 0.102. The van der Waals surface area contributed by atoms with E-state index in [1.807, 2.05) is 48.5 Å². The molecule has 9 heteroatoms. The molecule has 8 nitrogen and oxygen atoms in total. The minimum atomic E-state index is -0.392. The van der Waals surface area contributed by atoms with Crippen LogP contribution in [0, 0.1) is 0 Å². The molecule has 1 amide bonds. The van der Waals surface area contributed by atoms with Gasteiger partial charge in [-0.25, -0.2) is 9.97 Å². The zero-order valence-electron chi connectivity index (χ0n) is 17.1. The predicted octanol–water partition coefficient (Wildman–Crippen LogP) is 4.90. The van der Waals surface area contributed by atoms with Gasteiger partial charge in [0.1, 0.15) is 16.9 Å². The number of amides is 1. The van der Waals surface area contributed by atoms with Crippen molar-refractivity contribution in [2.75, 3.05) is 17.8 Å². The van der Waals surface area contributed by atoms with E-state index in [9.17, 15) is 4.79 Å². The van der Waals surface area contributed by atoms with E-state index in [1.54, 1.807) is 22.8 Å². The zero-order chi connectivity index (χ0) is 22.5. The molecule has 3 heterocycles. The Morgan fingerprint density at radius 2 is 1.70 bits per heavy atom. The van der Waals surface area contributed by atoms with Crippen molar-refractivity contribution in [3.8, 4) is 17.2 Å². The second kappa shape index (κ2) is 7.49. The zero-order valence-corrected chi connectivity index (χ0v) is 18.7. The quantitative estimate of drug-likeness (QED) is 0.364. The van der Waals surface area contributed by atoms with Gasteiger partial charge in [0.25, 0.3) is 5.91 Å². The van der Waals surface area contributed by atoms with Crippen LogP contribution >= 0.6 is 15.9 Å². The molecule has 0 radical (unpaired) electrons. The maximum absolute atomic E-state index is 13.4. The van der Waals surface area contributed by atoms with E-state index in [-0.39, 0.29) is 18.2 Å². The van der Waals surface area contributed by atoms with Crippen LogP contribution in [0.5, 0.6) is 11.5 Å². The molecular formula is C24H16BrN5O3. The molecule has 1 aliphatic rings. The summed E-state index contributed by atoms with van der Waals surface area (Å²) in [6.07, 6.45) is 0. The highest BCUT2D eigenvalue weighted by Gasteiger charge is 2.25. The van der Waals surface area contributed by atoms with Crippen LogP contribution in [-0.2, 0) is 0 Å². The molecule has 0 saturated carbocycles. The fourth-order valence-electron chi connectivity index (χ4n) is 3.90. The average Bonchev–Trinajstić information content (AvgIpc) is 3.39. The lowest BCUT2D eigenvalue weighted by Gasteiger charge is -2.09. The summed E-state index contributed by atoms with van der Waals surface area (Å²) in [5.74, 6) is 1.07. The van der Waals surface area contributed by atoms with Gasteiger partial charge >= 0.3 is 0 Å². The van der Waals surface area contributed by atoms with Crippen molar-refractivity contribution in [3.63, 3.8) is 0 Å². The Bertz CT molecular complexity index is 1560. The lowest BCUT2D eigenvalue weighted by Crippen LogP contribution is -2.14. The van der Waals surface area contributed by atoms with E-state index in [4.69, 9.17) is 25.2 Å². The molecule has 0 bridgehead atoms. The molecular weight excluding hydrogens is 486 g/mol. The van der Waals surface area contributed by atoms with Crippen LogP contribution in [0.3, 0.4) is 0 Å². The summed E-state index contributed by atoms with van der Waals surface area (Å²) < 4.78 is 13.4. The number of nitrogens with zero attached hydrogens (tertiary/aromatic N) is 3. The first-order chi connectivity index (χ1) is 16.1. The third kappa shape index (κ3) is 3.25. The number of nitrogens with one attached hydrogen (secondary N) is 1. The van der Waals surface area contributed by atoms with E-state index in [2.05, 4.69) is 21.2 Å². The number of hydrogen-bond donors (Lipinski definition) is 2. The van der Waals surface area contributed by atoms with Crippen LogP contribution < -0.4 is 20.5 Å². The Morgan fingerprint density at radius 1 is 0.970 bits per heavy atom. The van der Waals surface area contributed by atoms with Crippen LogP contribution in [-0.4, -0.2) is 27.2 Å². The van der Waals surface area contributed by atoms with Crippen molar-refractivity contribution in [1.29, 1.82) is 0 Å². The number of ether oxygens (including phenoxy) is 2. The monoisotopic (exact) mass is 501 g/mol. The number of fused-ring (bicyclic) bond motifs is 3. The van der Waals surface area contributed by atoms with E-state index < -0.39 is 5.91 Å². The molecule has 3 N–H and O–H groups in total. The number of anilines is 2. The third-order valence-electron chi connectivity index (χ3n) is 5.44. The summed E-state index contributed by atoms with van der Waals surface area (Å²) in [7, 11) is 0.